The first-order chi connectivity index (χ1) is 9.60. The van der Waals surface area contributed by atoms with Crippen LogP contribution >= 0.6 is 11.6 Å². The number of benzene rings is 1. The van der Waals surface area contributed by atoms with Crippen LogP contribution in [0.25, 0.3) is 0 Å². The summed E-state index contributed by atoms with van der Waals surface area (Å²) in [5, 5.41) is 18.4. The summed E-state index contributed by atoms with van der Waals surface area (Å²) in [7, 11) is 1.61. The van der Waals surface area contributed by atoms with Gasteiger partial charge in [0.05, 0.1) is 30.0 Å². The van der Waals surface area contributed by atoms with Crippen molar-refractivity contribution in [2.75, 3.05) is 19.0 Å². The molecular weight excluding hydrogens is 284 g/mol. The lowest BCUT2D eigenvalue weighted by Gasteiger charge is -2.04. The van der Waals surface area contributed by atoms with E-state index in [2.05, 4.69) is 10.4 Å². The van der Waals surface area contributed by atoms with Crippen molar-refractivity contribution in [3.05, 3.63) is 45.7 Å². The fourth-order valence-electron chi connectivity index (χ4n) is 1.65. The Morgan fingerprint density at radius 2 is 2.35 bits per heavy atom. The summed E-state index contributed by atoms with van der Waals surface area (Å²) < 4.78 is 6.64. The van der Waals surface area contributed by atoms with Gasteiger partial charge >= 0.3 is 0 Å². The SMILES string of the molecule is COCCn1cc(Nc2ccc(Cl)cc2[N+](=O)[O-])cn1. The molecule has 0 amide bonds. The van der Waals surface area contributed by atoms with Gasteiger partial charge in [0.2, 0.25) is 0 Å². The zero-order valence-electron chi connectivity index (χ0n) is 10.7. The van der Waals surface area contributed by atoms with Gasteiger partial charge in [0.25, 0.3) is 5.69 Å². The Bertz CT molecular complexity index is 614. The van der Waals surface area contributed by atoms with Crippen molar-refractivity contribution >= 4 is 28.7 Å². The van der Waals surface area contributed by atoms with Crippen LogP contribution in [0.2, 0.25) is 5.02 Å². The molecule has 0 aliphatic carbocycles. The maximum absolute atomic E-state index is 11.0. The lowest BCUT2D eigenvalue weighted by molar-refractivity contribution is -0.383. The molecule has 0 fully saturated rings. The molecule has 0 unspecified atom stereocenters. The zero-order valence-corrected chi connectivity index (χ0v) is 11.5. The molecule has 7 nitrogen and oxygen atoms in total. The average molecular weight is 297 g/mol. The molecule has 0 saturated carbocycles. The Morgan fingerprint density at radius 3 is 3.05 bits per heavy atom. The molecule has 1 N–H and O–H groups in total. The van der Waals surface area contributed by atoms with Crippen LogP contribution in [0.3, 0.4) is 0 Å². The maximum Gasteiger partial charge on any atom is 0.294 e. The molecule has 0 atom stereocenters. The van der Waals surface area contributed by atoms with Crippen LogP contribution in [0.4, 0.5) is 17.1 Å². The molecule has 2 aromatic rings. The summed E-state index contributed by atoms with van der Waals surface area (Å²) in [6.07, 6.45) is 3.34. The van der Waals surface area contributed by atoms with Gasteiger partial charge in [0, 0.05) is 24.4 Å². The number of hydrogen-bond acceptors (Lipinski definition) is 5. The van der Waals surface area contributed by atoms with Gasteiger partial charge < -0.3 is 10.1 Å². The van der Waals surface area contributed by atoms with Gasteiger partial charge in [0.1, 0.15) is 5.69 Å². The van der Waals surface area contributed by atoms with Crippen LogP contribution < -0.4 is 5.32 Å². The van der Waals surface area contributed by atoms with E-state index < -0.39 is 4.92 Å². The third-order valence-corrected chi connectivity index (χ3v) is 2.83. The summed E-state index contributed by atoms with van der Waals surface area (Å²) in [4.78, 5) is 10.5. The van der Waals surface area contributed by atoms with Crippen molar-refractivity contribution in [3.8, 4) is 0 Å². The van der Waals surface area contributed by atoms with Crippen molar-refractivity contribution in [2.24, 2.45) is 0 Å². The summed E-state index contributed by atoms with van der Waals surface area (Å²) in [5.74, 6) is 0. The van der Waals surface area contributed by atoms with Crippen molar-refractivity contribution in [2.45, 2.75) is 6.54 Å². The Balaban J connectivity index is 2.17. The largest absolute Gasteiger partial charge is 0.383 e. The normalized spacial score (nSPS) is 10.5. The molecule has 0 saturated heterocycles. The van der Waals surface area contributed by atoms with E-state index in [1.807, 2.05) is 0 Å². The highest BCUT2D eigenvalue weighted by molar-refractivity contribution is 6.30. The molecule has 0 bridgehead atoms. The highest BCUT2D eigenvalue weighted by atomic mass is 35.5. The van der Waals surface area contributed by atoms with E-state index in [0.717, 1.165) is 0 Å². The van der Waals surface area contributed by atoms with E-state index in [-0.39, 0.29) is 5.69 Å². The van der Waals surface area contributed by atoms with Gasteiger partial charge in [-0.2, -0.15) is 5.10 Å². The van der Waals surface area contributed by atoms with Crippen molar-refractivity contribution < 1.29 is 9.66 Å². The minimum Gasteiger partial charge on any atom is -0.383 e. The number of hydrogen-bond donors (Lipinski definition) is 1. The summed E-state index contributed by atoms with van der Waals surface area (Å²) in [5.41, 5.74) is 0.944. The Hall–Kier alpha value is -2.12. The Labute approximate surface area is 120 Å². The minimum atomic E-state index is -0.483. The number of anilines is 2. The second-order valence-corrected chi connectivity index (χ2v) is 4.46. The number of halogens is 1. The van der Waals surface area contributed by atoms with E-state index in [4.69, 9.17) is 16.3 Å². The quantitative estimate of drug-likeness (QED) is 0.654. The fraction of sp³-hybridized carbons (Fsp3) is 0.250. The second kappa shape index (κ2) is 6.36. The number of aromatic nitrogens is 2. The topological polar surface area (TPSA) is 82.2 Å². The number of rotatable bonds is 6. The first-order valence-corrected chi connectivity index (χ1v) is 6.20. The molecule has 0 aliphatic rings. The van der Waals surface area contributed by atoms with Crippen LogP contribution in [0.1, 0.15) is 0 Å². The third kappa shape index (κ3) is 3.46. The minimum absolute atomic E-state index is 0.0814. The molecule has 0 spiro atoms. The van der Waals surface area contributed by atoms with Gasteiger partial charge in [-0.05, 0) is 12.1 Å². The number of methoxy groups -OCH3 is 1. The highest BCUT2D eigenvalue weighted by Gasteiger charge is 2.14. The fourth-order valence-corrected chi connectivity index (χ4v) is 1.82. The maximum atomic E-state index is 11.0. The van der Waals surface area contributed by atoms with Crippen molar-refractivity contribution in [1.29, 1.82) is 0 Å². The average Bonchev–Trinajstić information content (AvgIpc) is 2.86. The van der Waals surface area contributed by atoms with Gasteiger partial charge in [-0.1, -0.05) is 11.6 Å². The van der Waals surface area contributed by atoms with Gasteiger partial charge in [0.15, 0.2) is 0 Å². The van der Waals surface area contributed by atoms with Gasteiger partial charge in [-0.3, -0.25) is 14.8 Å². The molecule has 0 radical (unpaired) electrons. The summed E-state index contributed by atoms with van der Waals surface area (Å²) in [6.45, 7) is 1.16. The zero-order chi connectivity index (χ0) is 14.5. The van der Waals surface area contributed by atoms with E-state index in [1.165, 1.54) is 6.07 Å². The summed E-state index contributed by atoms with van der Waals surface area (Å²) >= 11 is 5.76. The van der Waals surface area contributed by atoms with Crippen LogP contribution in [0.15, 0.2) is 30.6 Å². The standard InChI is InChI=1S/C12H13ClN4O3/c1-20-5-4-16-8-10(7-14-16)15-11-3-2-9(13)6-12(11)17(18)19/h2-3,6-8,15H,4-5H2,1H3. The number of nitro benzene ring substituents is 1. The van der Waals surface area contributed by atoms with E-state index in [9.17, 15) is 10.1 Å². The number of nitro groups is 1. The van der Waals surface area contributed by atoms with E-state index in [0.29, 0.717) is 29.5 Å². The third-order valence-electron chi connectivity index (χ3n) is 2.59. The molecule has 1 aromatic heterocycles. The van der Waals surface area contributed by atoms with E-state index >= 15 is 0 Å². The molecule has 0 aliphatic heterocycles. The lowest BCUT2D eigenvalue weighted by atomic mass is 10.2. The predicted molar refractivity (Wildman–Crippen MR) is 75.5 cm³/mol. The second-order valence-electron chi connectivity index (χ2n) is 4.03. The van der Waals surface area contributed by atoms with Crippen LogP contribution in [0, 0.1) is 10.1 Å². The summed E-state index contributed by atoms with van der Waals surface area (Å²) in [6, 6.07) is 4.46. The van der Waals surface area contributed by atoms with Crippen molar-refractivity contribution in [1.82, 2.24) is 9.78 Å². The number of nitrogens with zero attached hydrogens (tertiary/aromatic N) is 3. The van der Waals surface area contributed by atoms with Crippen molar-refractivity contribution in [3.63, 3.8) is 0 Å². The Kier molecular flexibility index (Phi) is 4.54. The molecule has 20 heavy (non-hydrogen) atoms. The monoisotopic (exact) mass is 296 g/mol. The molecule has 1 aromatic carbocycles. The van der Waals surface area contributed by atoms with E-state index in [1.54, 1.807) is 36.3 Å². The van der Waals surface area contributed by atoms with Crippen LogP contribution in [0.5, 0.6) is 0 Å². The molecular formula is C12H13ClN4O3. The smallest absolute Gasteiger partial charge is 0.294 e. The van der Waals surface area contributed by atoms with Gasteiger partial charge in [-0.15, -0.1) is 0 Å². The molecule has 1 heterocycles. The first-order valence-electron chi connectivity index (χ1n) is 5.82. The molecule has 2 rings (SSSR count). The van der Waals surface area contributed by atoms with Crippen LogP contribution in [-0.4, -0.2) is 28.4 Å². The Morgan fingerprint density at radius 1 is 1.55 bits per heavy atom. The first kappa shape index (κ1) is 14.3. The number of nitrogens with one attached hydrogen (secondary N) is 1. The number of ether oxygens (including phenoxy) is 1. The van der Waals surface area contributed by atoms with Gasteiger partial charge in [-0.25, -0.2) is 0 Å². The predicted octanol–water partition coefficient (Wildman–Crippen LogP) is 2.83. The molecule has 106 valence electrons. The lowest BCUT2D eigenvalue weighted by Crippen LogP contribution is -2.04. The highest BCUT2D eigenvalue weighted by Crippen LogP contribution is 2.30. The van der Waals surface area contributed by atoms with Crippen LogP contribution in [-0.2, 0) is 11.3 Å². The molecule has 8 heteroatoms.